The number of hydrogen-bond acceptors (Lipinski definition) is 7. The van der Waals surface area contributed by atoms with Gasteiger partial charge in [-0.25, -0.2) is 8.42 Å². The van der Waals surface area contributed by atoms with Gasteiger partial charge in [0, 0.05) is 0 Å². The molecule has 0 aliphatic rings. The Hall–Kier alpha value is -2.78. The molecule has 0 saturated heterocycles. The zero-order chi connectivity index (χ0) is 20.9. The van der Waals surface area contributed by atoms with Gasteiger partial charge in [0.15, 0.2) is 6.61 Å². The van der Waals surface area contributed by atoms with Crippen molar-refractivity contribution in [2.45, 2.75) is 30.4 Å². The molecule has 0 radical (unpaired) electrons. The van der Waals surface area contributed by atoms with Crippen LogP contribution in [0.3, 0.4) is 0 Å². The van der Waals surface area contributed by atoms with Gasteiger partial charge in [0.2, 0.25) is 19.3 Å². The van der Waals surface area contributed by atoms with Crippen molar-refractivity contribution in [2.24, 2.45) is 0 Å². The first-order valence-electron chi connectivity index (χ1n) is 8.99. The maximum Gasteiger partial charge on any atom is 0.264 e. The predicted molar refractivity (Wildman–Crippen MR) is 112 cm³/mol. The first kappa shape index (κ1) is 20.9. The molecule has 3 aromatic rings. The van der Waals surface area contributed by atoms with Crippen LogP contribution >= 0.6 is 11.3 Å². The summed E-state index contributed by atoms with van der Waals surface area (Å²) < 4.78 is 30.3. The van der Waals surface area contributed by atoms with Crippen LogP contribution < -0.4 is 10.1 Å². The number of nitrogens with one attached hydrogen (secondary N) is 1. The van der Waals surface area contributed by atoms with Gasteiger partial charge in [0.05, 0.1) is 5.75 Å². The third kappa shape index (κ3) is 5.85. The fourth-order valence-electron chi connectivity index (χ4n) is 2.48. The van der Waals surface area contributed by atoms with E-state index in [9.17, 15) is 13.2 Å². The molecule has 1 N–H and O–H groups in total. The van der Waals surface area contributed by atoms with Crippen molar-refractivity contribution in [3.05, 3.63) is 65.2 Å². The Kier molecular flexibility index (Phi) is 6.60. The molecule has 0 unspecified atom stereocenters. The molecule has 7 nitrogen and oxygen atoms in total. The highest BCUT2D eigenvalue weighted by molar-refractivity contribution is 7.92. The van der Waals surface area contributed by atoms with Gasteiger partial charge in [0.1, 0.15) is 5.75 Å². The minimum absolute atomic E-state index is 0.113. The van der Waals surface area contributed by atoms with Crippen molar-refractivity contribution < 1.29 is 17.9 Å². The number of nitrogens with zero attached hydrogens (tertiary/aromatic N) is 2. The third-order valence-electron chi connectivity index (χ3n) is 4.10. The van der Waals surface area contributed by atoms with Gasteiger partial charge in [0.25, 0.3) is 5.91 Å². The lowest BCUT2D eigenvalue weighted by Crippen LogP contribution is -2.20. The van der Waals surface area contributed by atoms with Crippen LogP contribution in [0.25, 0.3) is 0 Å². The summed E-state index contributed by atoms with van der Waals surface area (Å²) in [6, 6.07) is 14.7. The Morgan fingerprint density at radius 1 is 1.03 bits per heavy atom. The summed E-state index contributed by atoms with van der Waals surface area (Å²) in [5.41, 5.74) is 2.89. The average molecular weight is 432 g/mol. The van der Waals surface area contributed by atoms with Crippen LogP contribution in [0, 0.1) is 6.92 Å². The molecule has 0 atom stereocenters. The first-order chi connectivity index (χ1) is 13.9. The van der Waals surface area contributed by atoms with Gasteiger partial charge in [-0.3, -0.25) is 10.1 Å². The summed E-state index contributed by atoms with van der Waals surface area (Å²) in [7, 11) is -3.64. The van der Waals surface area contributed by atoms with E-state index in [1.54, 1.807) is 24.3 Å². The summed E-state index contributed by atoms with van der Waals surface area (Å²) in [5, 5.41) is 10.1. The van der Waals surface area contributed by atoms with E-state index in [1.165, 1.54) is 5.56 Å². The van der Waals surface area contributed by atoms with Gasteiger partial charge in [-0.15, -0.1) is 10.2 Å². The minimum Gasteiger partial charge on any atom is -0.484 e. The van der Waals surface area contributed by atoms with Gasteiger partial charge < -0.3 is 4.74 Å². The Morgan fingerprint density at radius 3 is 2.34 bits per heavy atom. The number of sulfone groups is 1. The van der Waals surface area contributed by atoms with Crippen LogP contribution in [-0.2, 0) is 26.8 Å². The highest BCUT2D eigenvalue weighted by Gasteiger charge is 2.21. The van der Waals surface area contributed by atoms with E-state index >= 15 is 0 Å². The number of aromatic nitrogens is 2. The molecule has 0 aliphatic heterocycles. The number of rotatable bonds is 8. The quantitative estimate of drug-likeness (QED) is 0.549. The topological polar surface area (TPSA) is 98.2 Å². The summed E-state index contributed by atoms with van der Waals surface area (Å²) >= 11 is 0.819. The fourth-order valence-corrected chi connectivity index (χ4v) is 4.81. The van der Waals surface area contributed by atoms with Gasteiger partial charge in [-0.2, -0.15) is 0 Å². The second kappa shape index (κ2) is 9.15. The second-order valence-corrected chi connectivity index (χ2v) is 9.59. The molecular weight excluding hydrogens is 410 g/mol. The molecule has 3 rings (SSSR count). The van der Waals surface area contributed by atoms with Crippen LogP contribution in [0.2, 0.25) is 0 Å². The molecule has 9 heteroatoms. The smallest absolute Gasteiger partial charge is 0.264 e. The number of anilines is 1. The molecule has 0 spiro atoms. The lowest BCUT2D eigenvalue weighted by molar-refractivity contribution is -0.118. The normalized spacial score (nSPS) is 11.2. The summed E-state index contributed by atoms with van der Waals surface area (Å²) in [6.45, 7) is 3.78. The van der Waals surface area contributed by atoms with Crippen molar-refractivity contribution >= 4 is 32.2 Å². The Labute approximate surface area is 173 Å². The number of aryl methyl sites for hydroxylation is 2. The number of carbonyl (C=O) groups is 1. The van der Waals surface area contributed by atoms with E-state index < -0.39 is 15.7 Å². The number of benzene rings is 2. The largest absolute Gasteiger partial charge is 0.484 e. The zero-order valence-electron chi connectivity index (χ0n) is 16.1. The summed E-state index contributed by atoms with van der Waals surface area (Å²) in [6.07, 6.45) is 0.924. The van der Waals surface area contributed by atoms with E-state index in [2.05, 4.69) is 22.4 Å². The van der Waals surface area contributed by atoms with Crippen molar-refractivity contribution in [1.82, 2.24) is 10.2 Å². The molecule has 29 heavy (non-hydrogen) atoms. The number of hydrogen-bond donors (Lipinski definition) is 1. The molecule has 0 bridgehead atoms. The van der Waals surface area contributed by atoms with Crippen LogP contribution in [0.1, 0.15) is 23.6 Å². The monoisotopic (exact) mass is 431 g/mol. The summed E-state index contributed by atoms with van der Waals surface area (Å²) in [4.78, 5) is 12.0. The molecular formula is C20H21N3O4S2. The second-order valence-electron chi connectivity index (χ2n) is 6.45. The first-order valence-corrected chi connectivity index (χ1v) is 11.5. The third-order valence-corrected chi connectivity index (χ3v) is 7.07. The molecule has 0 fully saturated rings. The van der Waals surface area contributed by atoms with Crippen LogP contribution in [0.4, 0.5) is 5.13 Å². The van der Waals surface area contributed by atoms with Crippen LogP contribution in [-0.4, -0.2) is 31.1 Å². The van der Waals surface area contributed by atoms with Gasteiger partial charge >= 0.3 is 0 Å². The lowest BCUT2D eigenvalue weighted by atomic mass is 10.2. The number of amides is 1. The van der Waals surface area contributed by atoms with Crippen LogP contribution in [0.5, 0.6) is 5.75 Å². The van der Waals surface area contributed by atoms with Crippen molar-refractivity contribution in [3.63, 3.8) is 0 Å². The van der Waals surface area contributed by atoms with E-state index in [0.29, 0.717) is 11.3 Å². The standard InChI is InChI=1S/C20H21N3O4S2/c1-3-15-8-10-17(11-9-15)27-12-18(24)21-19-22-23-20(28-19)29(25,26)13-16-6-4-14(2)5-7-16/h4-11H,3,12-13H2,1-2H3,(H,21,22,24). The average Bonchev–Trinajstić information content (AvgIpc) is 3.18. The maximum absolute atomic E-state index is 12.5. The van der Waals surface area contributed by atoms with E-state index in [1.807, 2.05) is 31.2 Å². The number of ether oxygens (including phenoxy) is 1. The fraction of sp³-hybridized carbons (Fsp3) is 0.250. The molecule has 152 valence electrons. The van der Waals surface area contributed by atoms with Crippen molar-refractivity contribution in [3.8, 4) is 5.75 Å². The molecule has 1 aromatic heterocycles. The van der Waals surface area contributed by atoms with E-state index in [-0.39, 0.29) is 21.8 Å². The van der Waals surface area contributed by atoms with E-state index in [4.69, 9.17) is 4.74 Å². The molecule has 0 saturated carbocycles. The minimum atomic E-state index is -3.64. The lowest BCUT2D eigenvalue weighted by Gasteiger charge is -2.06. The maximum atomic E-state index is 12.5. The molecule has 2 aromatic carbocycles. The van der Waals surface area contributed by atoms with E-state index in [0.717, 1.165) is 23.3 Å². The molecule has 1 amide bonds. The van der Waals surface area contributed by atoms with Crippen molar-refractivity contribution in [2.75, 3.05) is 11.9 Å². The van der Waals surface area contributed by atoms with Crippen LogP contribution in [0.15, 0.2) is 52.9 Å². The zero-order valence-corrected chi connectivity index (χ0v) is 17.7. The molecule has 0 aliphatic carbocycles. The van der Waals surface area contributed by atoms with Gasteiger partial charge in [-0.1, -0.05) is 60.2 Å². The van der Waals surface area contributed by atoms with Gasteiger partial charge in [-0.05, 0) is 36.6 Å². The SMILES string of the molecule is CCc1ccc(OCC(=O)Nc2nnc(S(=O)(=O)Cc3ccc(C)cc3)s2)cc1. The highest BCUT2D eigenvalue weighted by atomic mass is 32.2. The summed E-state index contributed by atoms with van der Waals surface area (Å²) in [5.74, 6) is -0.0358. The molecule has 1 heterocycles. The Morgan fingerprint density at radius 2 is 1.69 bits per heavy atom. The van der Waals surface area contributed by atoms with Crippen molar-refractivity contribution in [1.29, 1.82) is 0 Å². The highest BCUT2D eigenvalue weighted by Crippen LogP contribution is 2.23. The Balaban J connectivity index is 1.57. The number of carbonyl (C=O) groups excluding carboxylic acids is 1. The predicted octanol–water partition coefficient (Wildman–Crippen LogP) is 3.40. The Bertz CT molecular complexity index is 1080.